The summed E-state index contributed by atoms with van der Waals surface area (Å²) in [4.78, 5) is 9.96. The van der Waals surface area contributed by atoms with Crippen LogP contribution in [0.1, 0.15) is 0 Å². The molecule has 0 amide bonds. The van der Waals surface area contributed by atoms with E-state index < -0.39 is 18.4 Å². The normalized spacial score (nSPS) is 11.2. The molecule has 72 valence electrons. The lowest BCUT2D eigenvalue weighted by Crippen LogP contribution is -2.36. The number of hydrogen-bond acceptors (Lipinski definition) is 5. The van der Waals surface area contributed by atoms with Crippen LogP contribution < -0.4 is 5.32 Å². The first kappa shape index (κ1) is 9.78. The number of rotatable bonds is 4. The smallest absolute Gasteiger partial charge is 0.376 e. The summed E-state index contributed by atoms with van der Waals surface area (Å²) in [7, 11) is 0. The predicted molar refractivity (Wildman–Crippen MR) is 41.0 cm³/mol. The molecule has 5 nitrogen and oxygen atoms in total. The van der Waals surface area contributed by atoms with Crippen molar-refractivity contribution in [1.29, 1.82) is 0 Å². The fourth-order valence-corrected chi connectivity index (χ4v) is 0.956. The molecule has 0 spiro atoms. The van der Waals surface area contributed by atoms with Crippen molar-refractivity contribution in [2.75, 3.05) is 11.9 Å². The van der Waals surface area contributed by atoms with Crippen molar-refractivity contribution in [3.8, 4) is 0 Å². The number of carboxylic acid groups (broad SMARTS) is 1. The van der Waals surface area contributed by atoms with E-state index in [-0.39, 0.29) is 5.13 Å². The zero-order chi connectivity index (χ0) is 9.90. The van der Waals surface area contributed by atoms with E-state index in [0.29, 0.717) is 0 Å². The van der Waals surface area contributed by atoms with Gasteiger partial charge < -0.3 is 10.4 Å². The molecule has 13 heavy (non-hydrogen) atoms. The van der Waals surface area contributed by atoms with E-state index in [9.17, 15) is 13.6 Å². The van der Waals surface area contributed by atoms with Crippen LogP contribution in [0.3, 0.4) is 0 Å². The van der Waals surface area contributed by atoms with Gasteiger partial charge in [-0.2, -0.15) is 8.78 Å². The molecule has 0 saturated heterocycles. The molecule has 1 rings (SSSR count). The van der Waals surface area contributed by atoms with Crippen molar-refractivity contribution in [2.45, 2.75) is 5.92 Å². The number of halogens is 2. The van der Waals surface area contributed by atoms with Crippen molar-refractivity contribution in [1.82, 2.24) is 10.2 Å². The second-order valence-corrected chi connectivity index (χ2v) is 2.94. The Morgan fingerprint density at radius 2 is 2.46 bits per heavy atom. The molecule has 0 bridgehead atoms. The van der Waals surface area contributed by atoms with Crippen LogP contribution in [0.2, 0.25) is 0 Å². The molecule has 8 heteroatoms. The first-order valence-corrected chi connectivity index (χ1v) is 4.01. The monoisotopic (exact) mass is 209 g/mol. The van der Waals surface area contributed by atoms with E-state index in [1.807, 2.05) is 0 Å². The minimum Gasteiger partial charge on any atom is -0.477 e. The topological polar surface area (TPSA) is 75.1 Å². The maximum Gasteiger partial charge on any atom is 0.376 e. The van der Waals surface area contributed by atoms with Crippen LogP contribution in [0, 0.1) is 0 Å². The highest BCUT2D eigenvalue weighted by molar-refractivity contribution is 7.13. The van der Waals surface area contributed by atoms with Crippen LogP contribution in [-0.2, 0) is 4.79 Å². The highest BCUT2D eigenvalue weighted by Crippen LogP contribution is 2.16. The van der Waals surface area contributed by atoms with Gasteiger partial charge in [0.25, 0.3) is 0 Å². The maximum absolute atomic E-state index is 12.4. The van der Waals surface area contributed by atoms with Crippen molar-refractivity contribution < 1.29 is 18.7 Å². The van der Waals surface area contributed by atoms with Gasteiger partial charge in [-0.05, 0) is 0 Å². The van der Waals surface area contributed by atoms with Gasteiger partial charge >= 0.3 is 11.9 Å². The SMILES string of the molecule is O=C(O)C(F)(F)CNc1nncs1. The van der Waals surface area contributed by atoms with E-state index in [1.54, 1.807) is 0 Å². The van der Waals surface area contributed by atoms with Gasteiger partial charge in [-0.25, -0.2) is 4.79 Å². The number of carbonyl (C=O) groups is 1. The maximum atomic E-state index is 12.4. The molecule has 0 aromatic carbocycles. The van der Waals surface area contributed by atoms with Crippen LogP contribution in [0.15, 0.2) is 5.51 Å². The Morgan fingerprint density at radius 3 is 2.92 bits per heavy atom. The van der Waals surface area contributed by atoms with Crippen LogP contribution in [0.4, 0.5) is 13.9 Å². The zero-order valence-electron chi connectivity index (χ0n) is 6.20. The van der Waals surface area contributed by atoms with Gasteiger partial charge in [0, 0.05) is 0 Å². The lowest BCUT2D eigenvalue weighted by atomic mass is 10.3. The minimum absolute atomic E-state index is 0.168. The molecule has 0 radical (unpaired) electrons. The van der Waals surface area contributed by atoms with Gasteiger partial charge in [0.15, 0.2) is 0 Å². The number of aromatic nitrogens is 2. The summed E-state index contributed by atoms with van der Waals surface area (Å²) >= 11 is 1.02. The molecule has 0 saturated carbocycles. The molecule has 0 aliphatic carbocycles. The third-order valence-corrected chi connectivity index (χ3v) is 1.78. The number of nitrogens with one attached hydrogen (secondary N) is 1. The van der Waals surface area contributed by atoms with Crippen molar-refractivity contribution in [3.05, 3.63) is 5.51 Å². The Balaban J connectivity index is 2.47. The van der Waals surface area contributed by atoms with Crippen molar-refractivity contribution >= 4 is 22.4 Å². The Bertz CT molecular complexity index is 290. The fraction of sp³-hybridized carbons (Fsp3) is 0.400. The first-order chi connectivity index (χ1) is 6.02. The van der Waals surface area contributed by atoms with E-state index >= 15 is 0 Å². The Morgan fingerprint density at radius 1 is 1.77 bits per heavy atom. The summed E-state index contributed by atoms with van der Waals surface area (Å²) in [6, 6.07) is 0. The number of aliphatic carboxylic acids is 1. The Labute approximate surface area is 75.4 Å². The minimum atomic E-state index is -3.79. The van der Waals surface area contributed by atoms with Crippen molar-refractivity contribution in [3.63, 3.8) is 0 Å². The van der Waals surface area contributed by atoms with Crippen molar-refractivity contribution in [2.24, 2.45) is 0 Å². The third kappa shape index (κ3) is 2.58. The van der Waals surface area contributed by atoms with Gasteiger partial charge in [-0.1, -0.05) is 11.3 Å². The molecule has 0 atom stereocenters. The summed E-state index contributed by atoms with van der Waals surface area (Å²) in [5.41, 5.74) is 1.35. The second-order valence-electron chi connectivity index (χ2n) is 2.11. The lowest BCUT2D eigenvalue weighted by Gasteiger charge is -2.10. The molecular weight excluding hydrogens is 204 g/mol. The molecule has 0 aliphatic heterocycles. The van der Waals surface area contributed by atoms with Gasteiger partial charge in [0.2, 0.25) is 5.13 Å². The molecule has 0 aliphatic rings. The summed E-state index contributed by atoms with van der Waals surface area (Å²) in [6.45, 7) is -0.989. The molecule has 0 unspecified atom stereocenters. The lowest BCUT2D eigenvalue weighted by molar-refractivity contribution is -0.162. The first-order valence-electron chi connectivity index (χ1n) is 3.13. The molecule has 1 aromatic rings. The quantitative estimate of drug-likeness (QED) is 0.762. The summed E-state index contributed by atoms with van der Waals surface area (Å²) in [5.74, 6) is -5.95. The molecule has 2 N–H and O–H groups in total. The van der Waals surface area contributed by atoms with Gasteiger partial charge in [0.05, 0.1) is 6.54 Å². The van der Waals surface area contributed by atoms with E-state index in [0.717, 1.165) is 11.3 Å². The number of carboxylic acids is 1. The summed E-state index contributed by atoms with van der Waals surface area (Å²) in [6.07, 6.45) is 0. The molecule has 1 aromatic heterocycles. The van der Waals surface area contributed by atoms with Crippen LogP contribution in [0.5, 0.6) is 0 Å². The average molecular weight is 209 g/mol. The van der Waals surface area contributed by atoms with E-state index in [1.165, 1.54) is 5.51 Å². The summed E-state index contributed by atoms with van der Waals surface area (Å²) in [5, 5.41) is 17.2. The standard InChI is InChI=1S/C5H5F2N3O2S/c6-5(7,3(11)12)1-8-4-10-9-2-13-4/h2H,1H2,(H,8,10)(H,11,12). The highest BCUT2D eigenvalue weighted by Gasteiger charge is 2.38. The number of alkyl halides is 2. The average Bonchev–Trinajstić information content (AvgIpc) is 2.52. The zero-order valence-corrected chi connectivity index (χ0v) is 7.02. The third-order valence-electron chi connectivity index (χ3n) is 1.13. The fourth-order valence-electron chi connectivity index (χ4n) is 0.512. The molecule has 0 fully saturated rings. The largest absolute Gasteiger partial charge is 0.477 e. The van der Waals surface area contributed by atoms with E-state index in [2.05, 4.69) is 15.5 Å². The predicted octanol–water partition coefficient (Wildman–Crippen LogP) is 0.670. The number of anilines is 1. The Hall–Kier alpha value is -1.31. The van der Waals surface area contributed by atoms with Gasteiger partial charge in [-0.15, -0.1) is 10.2 Å². The van der Waals surface area contributed by atoms with Crippen LogP contribution in [0.25, 0.3) is 0 Å². The second kappa shape index (κ2) is 3.60. The Kier molecular flexibility index (Phi) is 2.71. The summed E-state index contributed by atoms with van der Waals surface area (Å²) < 4.78 is 24.9. The van der Waals surface area contributed by atoms with E-state index in [4.69, 9.17) is 5.11 Å². The number of nitrogens with zero attached hydrogens (tertiary/aromatic N) is 2. The molecular formula is C5H5F2N3O2S. The number of hydrogen-bond donors (Lipinski definition) is 2. The molecule has 1 heterocycles. The van der Waals surface area contributed by atoms with Gasteiger partial charge in [-0.3, -0.25) is 0 Å². The van der Waals surface area contributed by atoms with Gasteiger partial charge in [0.1, 0.15) is 5.51 Å². The van der Waals surface area contributed by atoms with Crippen LogP contribution >= 0.6 is 11.3 Å². The van der Waals surface area contributed by atoms with Crippen LogP contribution in [-0.4, -0.2) is 33.7 Å². The highest BCUT2D eigenvalue weighted by atomic mass is 32.1.